The predicted molar refractivity (Wildman–Crippen MR) is 91.9 cm³/mol. The van der Waals surface area contributed by atoms with E-state index in [4.69, 9.17) is 9.47 Å². The van der Waals surface area contributed by atoms with Gasteiger partial charge in [-0.15, -0.1) is 0 Å². The molecule has 6 heteroatoms. The molecule has 1 N–H and O–H groups in total. The van der Waals surface area contributed by atoms with Gasteiger partial charge in [-0.25, -0.2) is 0 Å². The summed E-state index contributed by atoms with van der Waals surface area (Å²) in [6.07, 6.45) is 3.41. The first-order valence-corrected chi connectivity index (χ1v) is 8.72. The number of hydrogen-bond donors (Lipinski definition) is 1. The Balaban J connectivity index is 1.65. The molecule has 0 unspecified atom stereocenters. The molecule has 1 aliphatic carbocycles. The quantitative estimate of drug-likeness (QED) is 0.855. The second-order valence-corrected chi connectivity index (χ2v) is 7.00. The molecular formula is C19H25NO5. The fourth-order valence-corrected chi connectivity index (χ4v) is 4.31. The minimum absolute atomic E-state index is 0.0138. The Kier molecular flexibility index (Phi) is 4.88. The van der Waals surface area contributed by atoms with Crippen LogP contribution in [0.1, 0.15) is 31.2 Å². The van der Waals surface area contributed by atoms with Gasteiger partial charge in [-0.05, 0) is 48.9 Å². The molecule has 136 valence electrons. The van der Waals surface area contributed by atoms with Gasteiger partial charge in [0.05, 0.1) is 19.6 Å². The summed E-state index contributed by atoms with van der Waals surface area (Å²) in [4.78, 5) is 26.1. The minimum atomic E-state index is -0.750. The number of benzene rings is 1. The van der Waals surface area contributed by atoms with E-state index in [1.54, 1.807) is 19.1 Å². The molecule has 1 saturated carbocycles. The highest BCUT2D eigenvalue weighted by atomic mass is 16.5. The van der Waals surface area contributed by atoms with Crippen molar-refractivity contribution in [2.75, 3.05) is 27.3 Å². The van der Waals surface area contributed by atoms with Crippen molar-refractivity contribution in [3.63, 3.8) is 0 Å². The SMILES string of the molecule is COc1ccc(OC)c(CCC(=O)N2C[C@@H]3CCC[C@@]3(C(=O)O)C2)c1. The molecule has 1 amide bonds. The average molecular weight is 347 g/mol. The van der Waals surface area contributed by atoms with Crippen LogP contribution in [0.15, 0.2) is 18.2 Å². The van der Waals surface area contributed by atoms with E-state index in [2.05, 4.69) is 0 Å². The van der Waals surface area contributed by atoms with Gasteiger partial charge in [0.1, 0.15) is 11.5 Å². The maximum Gasteiger partial charge on any atom is 0.311 e. The van der Waals surface area contributed by atoms with E-state index >= 15 is 0 Å². The van der Waals surface area contributed by atoms with Crippen molar-refractivity contribution >= 4 is 11.9 Å². The number of likely N-dealkylation sites (tertiary alicyclic amines) is 1. The third-order valence-corrected chi connectivity index (χ3v) is 5.75. The largest absolute Gasteiger partial charge is 0.497 e. The number of carbonyl (C=O) groups excluding carboxylic acids is 1. The van der Waals surface area contributed by atoms with Gasteiger partial charge in [0.25, 0.3) is 0 Å². The van der Waals surface area contributed by atoms with Crippen molar-refractivity contribution in [3.05, 3.63) is 23.8 Å². The first kappa shape index (κ1) is 17.6. The summed E-state index contributed by atoms with van der Waals surface area (Å²) in [6.45, 7) is 0.918. The Labute approximate surface area is 147 Å². The smallest absolute Gasteiger partial charge is 0.311 e. The van der Waals surface area contributed by atoms with Crippen molar-refractivity contribution < 1.29 is 24.2 Å². The van der Waals surface area contributed by atoms with Crippen molar-refractivity contribution in [2.24, 2.45) is 11.3 Å². The van der Waals surface area contributed by atoms with Crippen LogP contribution in [0.25, 0.3) is 0 Å². The number of nitrogens with zero attached hydrogens (tertiary/aromatic N) is 1. The number of amides is 1. The van der Waals surface area contributed by atoms with Crippen LogP contribution in [0.5, 0.6) is 11.5 Å². The molecule has 1 aromatic carbocycles. The average Bonchev–Trinajstić information content (AvgIpc) is 3.17. The molecule has 1 aromatic rings. The van der Waals surface area contributed by atoms with Crippen molar-refractivity contribution in [3.8, 4) is 11.5 Å². The summed E-state index contributed by atoms with van der Waals surface area (Å²) in [5.74, 6) is 0.817. The number of carboxylic acid groups (broad SMARTS) is 1. The standard InChI is InChI=1S/C19H25NO5/c1-24-15-6-7-16(25-2)13(10-15)5-8-17(21)20-11-14-4-3-9-19(14,12-20)18(22)23/h6-7,10,14H,3-5,8-9,11-12H2,1-2H3,(H,22,23)/t14-,19+/m0/s1. The lowest BCUT2D eigenvalue weighted by Crippen LogP contribution is -2.37. The first-order valence-electron chi connectivity index (χ1n) is 8.72. The van der Waals surface area contributed by atoms with Gasteiger partial charge in [-0.2, -0.15) is 0 Å². The van der Waals surface area contributed by atoms with E-state index in [0.717, 1.165) is 29.9 Å². The van der Waals surface area contributed by atoms with E-state index in [0.29, 0.717) is 32.4 Å². The normalized spacial score (nSPS) is 24.9. The molecule has 1 saturated heterocycles. The molecule has 25 heavy (non-hydrogen) atoms. The van der Waals surface area contributed by atoms with Crippen LogP contribution in [0.4, 0.5) is 0 Å². The van der Waals surface area contributed by atoms with Gasteiger partial charge in [0.15, 0.2) is 0 Å². The Morgan fingerprint density at radius 2 is 2.12 bits per heavy atom. The van der Waals surface area contributed by atoms with Crippen molar-refractivity contribution in [2.45, 2.75) is 32.1 Å². The number of fused-ring (bicyclic) bond motifs is 1. The zero-order chi connectivity index (χ0) is 18.0. The Morgan fingerprint density at radius 3 is 2.76 bits per heavy atom. The molecule has 1 aliphatic heterocycles. The maximum atomic E-state index is 12.6. The Hall–Kier alpha value is -2.24. The lowest BCUT2D eigenvalue weighted by atomic mass is 9.81. The highest BCUT2D eigenvalue weighted by Gasteiger charge is 2.55. The zero-order valence-electron chi connectivity index (χ0n) is 14.8. The number of carbonyl (C=O) groups is 2. The highest BCUT2D eigenvalue weighted by Crippen LogP contribution is 2.49. The third-order valence-electron chi connectivity index (χ3n) is 5.75. The topological polar surface area (TPSA) is 76.1 Å². The van der Waals surface area contributed by atoms with Crippen LogP contribution < -0.4 is 9.47 Å². The predicted octanol–water partition coefficient (Wildman–Crippen LogP) is 2.35. The molecule has 6 nitrogen and oxygen atoms in total. The minimum Gasteiger partial charge on any atom is -0.497 e. The van der Waals surface area contributed by atoms with Gasteiger partial charge in [0, 0.05) is 19.5 Å². The van der Waals surface area contributed by atoms with E-state index < -0.39 is 11.4 Å². The molecule has 0 spiro atoms. The van der Waals surface area contributed by atoms with E-state index in [9.17, 15) is 14.7 Å². The zero-order valence-corrected chi connectivity index (χ0v) is 14.8. The van der Waals surface area contributed by atoms with Crippen LogP contribution in [0.2, 0.25) is 0 Å². The Morgan fingerprint density at radius 1 is 1.32 bits per heavy atom. The molecule has 1 heterocycles. The molecule has 0 bridgehead atoms. The Bertz CT molecular complexity index is 674. The van der Waals surface area contributed by atoms with Gasteiger partial charge >= 0.3 is 5.97 Å². The summed E-state index contributed by atoms with van der Waals surface area (Å²) in [6, 6.07) is 5.53. The molecule has 2 atom stereocenters. The third kappa shape index (κ3) is 3.17. The van der Waals surface area contributed by atoms with Gasteiger partial charge in [0.2, 0.25) is 5.91 Å². The van der Waals surface area contributed by atoms with Gasteiger partial charge in [-0.3, -0.25) is 9.59 Å². The van der Waals surface area contributed by atoms with Crippen LogP contribution >= 0.6 is 0 Å². The fourth-order valence-electron chi connectivity index (χ4n) is 4.31. The number of ether oxygens (including phenoxy) is 2. The summed E-state index contributed by atoms with van der Waals surface area (Å²) in [5.41, 5.74) is 0.200. The second-order valence-electron chi connectivity index (χ2n) is 7.00. The van der Waals surface area contributed by atoms with Gasteiger partial charge < -0.3 is 19.5 Å². The van der Waals surface area contributed by atoms with Crippen LogP contribution in [0.3, 0.4) is 0 Å². The summed E-state index contributed by atoms with van der Waals surface area (Å²) < 4.78 is 10.6. The molecule has 3 rings (SSSR count). The summed E-state index contributed by atoms with van der Waals surface area (Å²) >= 11 is 0. The van der Waals surface area contributed by atoms with E-state index in [1.807, 2.05) is 18.2 Å². The van der Waals surface area contributed by atoms with Crippen molar-refractivity contribution in [1.29, 1.82) is 0 Å². The van der Waals surface area contributed by atoms with E-state index in [-0.39, 0.29) is 11.8 Å². The van der Waals surface area contributed by atoms with Crippen LogP contribution in [-0.4, -0.2) is 49.2 Å². The first-order chi connectivity index (χ1) is 12.0. The lowest BCUT2D eigenvalue weighted by molar-refractivity contribution is -0.149. The number of aryl methyl sites for hydroxylation is 1. The molecule has 0 aromatic heterocycles. The number of methoxy groups -OCH3 is 2. The number of hydrogen-bond acceptors (Lipinski definition) is 4. The molecule has 2 aliphatic rings. The summed E-state index contributed by atoms with van der Waals surface area (Å²) in [5, 5.41) is 9.64. The van der Waals surface area contributed by atoms with E-state index in [1.165, 1.54) is 0 Å². The molecule has 2 fully saturated rings. The fraction of sp³-hybridized carbons (Fsp3) is 0.579. The lowest BCUT2D eigenvalue weighted by Gasteiger charge is -2.23. The summed E-state index contributed by atoms with van der Waals surface area (Å²) in [7, 11) is 3.20. The highest BCUT2D eigenvalue weighted by molar-refractivity contribution is 5.81. The van der Waals surface area contributed by atoms with Gasteiger partial charge in [-0.1, -0.05) is 6.42 Å². The van der Waals surface area contributed by atoms with Crippen molar-refractivity contribution in [1.82, 2.24) is 4.90 Å². The van der Waals surface area contributed by atoms with Crippen LogP contribution in [-0.2, 0) is 16.0 Å². The second kappa shape index (κ2) is 6.94. The molecule has 0 radical (unpaired) electrons. The number of carboxylic acids is 1. The molecular weight excluding hydrogens is 322 g/mol. The maximum absolute atomic E-state index is 12.6. The monoisotopic (exact) mass is 347 g/mol. The van der Waals surface area contributed by atoms with Crippen LogP contribution in [0, 0.1) is 11.3 Å². The number of rotatable bonds is 6. The number of aliphatic carboxylic acids is 1.